The van der Waals surface area contributed by atoms with Crippen LogP contribution in [-0.2, 0) is 6.54 Å². The molecule has 1 aromatic heterocycles. The molecule has 7 heteroatoms. The molecule has 0 aliphatic heterocycles. The van der Waals surface area contributed by atoms with Crippen molar-refractivity contribution in [1.29, 1.82) is 0 Å². The van der Waals surface area contributed by atoms with Crippen LogP contribution in [0, 0.1) is 5.82 Å². The summed E-state index contributed by atoms with van der Waals surface area (Å²) in [7, 11) is 0. The van der Waals surface area contributed by atoms with Crippen LogP contribution in [0.25, 0.3) is 0 Å². The van der Waals surface area contributed by atoms with Gasteiger partial charge in [0.15, 0.2) is 5.16 Å². The Hall–Kier alpha value is -1.60. The Morgan fingerprint density at radius 2 is 2.32 bits per heavy atom. The van der Waals surface area contributed by atoms with Gasteiger partial charge in [0.05, 0.1) is 0 Å². The summed E-state index contributed by atoms with van der Waals surface area (Å²) in [4.78, 5) is 12.3. The molecule has 2 rings (SSSR count). The number of H-pyrrole nitrogens is 1. The fourth-order valence-corrected chi connectivity index (χ4v) is 2.84. The van der Waals surface area contributed by atoms with Gasteiger partial charge in [0.1, 0.15) is 5.82 Å². The summed E-state index contributed by atoms with van der Waals surface area (Å²) in [5, 5.41) is 6.90. The second-order valence-corrected chi connectivity index (χ2v) is 5.14. The first-order chi connectivity index (χ1) is 9.02. The lowest BCUT2D eigenvalue weighted by Crippen LogP contribution is -2.16. The van der Waals surface area contributed by atoms with Gasteiger partial charge in [0, 0.05) is 17.5 Å². The van der Waals surface area contributed by atoms with E-state index in [0.29, 0.717) is 17.3 Å². The molecule has 0 bridgehead atoms. The molecule has 0 saturated heterocycles. The van der Waals surface area contributed by atoms with Gasteiger partial charge >= 0.3 is 5.69 Å². The monoisotopic (exact) mass is 282 g/mol. The lowest BCUT2D eigenvalue weighted by molar-refractivity contribution is 0.619. The maximum Gasteiger partial charge on any atom is 0.343 e. The van der Waals surface area contributed by atoms with Gasteiger partial charge in [-0.15, -0.1) is 5.10 Å². The summed E-state index contributed by atoms with van der Waals surface area (Å²) in [5.74, 6) is -0.327. The van der Waals surface area contributed by atoms with Gasteiger partial charge in [-0.3, -0.25) is 4.57 Å². The van der Waals surface area contributed by atoms with Crippen molar-refractivity contribution in [2.24, 2.45) is 5.73 Å². The molecule has 0 saturated carbocycles. The number of nitrogens with zero attached hydrogens (tertiary/aromatic N) is 2. The highest BCUT2D eigenvalue weighted by Gasteiger charge is 2.14. The molecule has 102 valence electrons. The van der Waals surface area contributed by atoms with Crippen molar-refractivity contribution in [2.45, 2.75) is 36.5 Å². The van der Waals surface area contributed by atoms with Gasteiger partial charge in [-0.2, -0.15) is 0 Å². The van der Waals surface area contributed by atoms with Gasteiger partial charge in [-0.25, -0.2) is 14.3 Å². The van der Waals surface area contributed by atoms with Gasteiger partial charge < -0.3 is 5.73 Å². The van der Waals surface area contributed by atoms with Crippen LogP contribution in [0.1, 0.15) is 25.5 Å². The number of nitrogens with two attached hydrogens (primary N) is 1. The highest BCUT2D eigenvalue weighted by atomic mass is 32.2. The molecule has 0 spiro atoms. The van der Waals surface area contributed by atoms with E-state index in [-0.39, 0.29) is 17.5 Å². The van der Waals surface area contributed by atoms with Gasteiger partial charge in [0.25, 0.3) is 0 Å². The van der Waals surface area contributed by atoms with E-state index in [9.17, 15) is 9.18 Å². The minimum atomic E-state index is -0.327. The zero-order valence-corrected chi connectivity index (χ0v) is 11.5. The molecule has 0 unspecified atom stereocenters. The predicted octanol–water partition coefficient (Wildman–Crippen LogP) is 1.90. The Morgan fingerprint density at radius 1 is 1.58 bits per heavy atom. The fourth-order valence-electron chi connectivity index (χ4n) is 1.73. The van der Waals surface area contributed by atoms with E-state index >= 15 is 0 Å². The van der Waals surface area contributed by atoms with Crippen LogP contribution in [0.5, 0.6) is 0 Å². The molecule has 1 heterocycles. The number of aromatic amines is 1. The molecule has 1 atom stereocenters. The molecule has 5 nitrogen and oxygen atoms in total. The first kappa shape index (κ1) is 13.8. The van der Waals surface area contributed by atoms with E-state index in [0.717, 1.165) is 4.90 Å². The average molecular weight is 282 g/mol. The van der Waals surface area contributed by atoms with Crippen LogP contribution in [0.3, 0.4) is 0 Å². The molecular formula is C12H15FN4OS. The van der Waals surface area contributed by atoms with Crippen molar-refractivity contribution < 1.29 is 4.39 Å². The molecule has 0 radical (unpaired) electrons. The van der Waals surface area contributed by atoms with E-state index in [1.165, 1.54) is 28.5 Å². The van der Waals surface area contributed by atoms with Crippen molar-refractivity contribution in [3.8, 4) is 0 Å². The van der Waals surface area contributed by atoms with Crippen LogP contribution in [0.15, 0.2) is 33.0 Å². The zero-order valence-electron chi connectivity index (χ0n) is 10.7. The summed E-state index contributed by atoms with van der Waals surface area (Å²) in [6, 6.07) is 4.14. The minimum absolute atomic E-state index is 0.255. The Balaban J connectivity index is 2.40. The fraction of sp³-hybridized carbons (Fsp3) is 0.333. The van der Waals surface area contributed by atoms with E-state index in [2.05, 4.69) is 10.2 Å². The maximum atomic E-state index is 13.3. The predicted molar refractivity (Wildman–Crippen MR) is 71.6 cm³/mol. The minimum Gasteiger partial charge on any atom is -0.324 e. The summed E-state index contributed by atoms with van der Waals surface area (Å²) in [6.07, 6.45) is 0. The Bertz CT molecular complexity index is 635. The Kier molecular flexibility index (Phi) is 4.06. The smallest absolute Gasteiger partial charge is 0.324 e. The van der Waals surface area contributed by atoms with Gasteiger partial charge in [-0.1, -0.05) is 0 Å². The normalized spacial score (nSPS) is 12.6. The van der Waals surface area contributed by atoms with Crippen LogP contribution < -0.4 is 11.4 Å². The summed E-state index contributed by atoms with van der Waals surface area (Å²) in [6.45, 7) is 4.17. The summed E-state index contributed by atoms with van der Waals surface area (Å²) < 4.78 is 14.8. The number of rotatable bonds is 4. The molecule has 0 fully saturated rings. The standard InChI is InChI=1S/C12H15FN4OS/c1-3-17-11(18)15-16-12(17)19-10-5-4-8(13)6-9(10)7(2)14/h4-7H,3,14H2,1-2H3,(H,15,18)/t7-/m1/s1. The van der Waals surface area contributed by atoms with Crippen molar-refractivity contribution in [3.63, 3.8) is 0 Å². The number of benzene rings is 1. The lowest BCUT2D eigenvalue weighted by atomic mass is 10.1. The van der Waals surface area contributed by atoms with E-state index in [1.807, 2.05) is 6.92 Å². The highest BCUT2D eigenvalue weighted by molar-refractivity contribution is 7.99. The first-order valence-corrected chi connectivity index (χ1v) is 6.72. The van der Waals surface area contributed by atoms with Gasteiger partial charge in [0.2, 0.25) is 0 Å². The molecule has 3 N–H and O–H groups in total. The van der Waals surface area contributed by atoms with Crippen molar-refractivity contribution in [2.75, 3.05) is 0 Å². The quantitative estimate of drug-likeness (QED) is 0.898. The van der Waals surface area contributed by atoms with Crippen LogP contribution in [-0.4, -0.2) is 14.8 Å². The number of hydrogen-bond acceptors (Lipinski definition) is 4. The van der Waals surface area contributed by atoms with Crippen LogP contribution >= 0.6 is 11.8 Å². The number of halogens is 1. The molecule has 2 aromatic rings. The third kappa shape index (κ3) is 2.87. The molecule has 0 amide bonds. The van der Waals surface area contributed by atoms with Crippen molar-refractivity contribution in [3.05, 3.63) is 40.1 Å². The highest BCUT2D eigenvalue weighted by Crippen LogP contribution is 2.31. The maximum absolute atomic E-state index is 13.3. The van der Waals surface area contributed by atoms with Crippen molar-refractivity contribution >= 4 is 11.8 Å². The lowest BCUT2D eigenvalue weighted by Gasteiger charge is -2.12. The largest absolute Gasteiger partial charge is 0.343 e. The van der Waals surface area contributed by atoms with E-state index in [4.69, 9.17) is 5.73 Å². The van der Waals surface area contributed by atoms with Crippen LogP contribution in [0.2, 0.25) is 0 Å². The third-order valence-electron chi connectivity index (χ3n) is 2.70. The van der Waals surface area contributed by atoms with E-state index in [1.54, 1.807) is 13.0 Å². The molecule has 0 aliphatic carbocycles. The van der Waals surface area contributed by atoms with Gasteiger partial charge in [-0.05, 0) is 49.4 Å². The van der Waals surface area contributed by atoms with E-state index < -0.39 is 0 Å². The molecular weight excluding hydrogens is 267 g/mol. The summed E-state index contributed by atoms with van der Waals surface area (Å²) >= 11 is 1.30. The average Bonchev–Trinajstić information content (AvgIpc) is 2.71. The number of aromatic nitrogens is 3. The third-order valence-corrected chi connectivity index (χ3v) is 3.79. The molecule has 1 aromatic carbocycles. The van der Waals surface area contributed by atoms with Crippen molar-refractivity contribution in [1.82, 2.24) is 14.8 Å². The molecule has 0 aliphatic rings. The topological polar surface area (TPSA) is 76.7 Å². The number of hydrogen-bond donors (Lipinski definition) is 2. The second kappa shape index (κ2) is 5.58. The number of nitrogens with one attached hydrogen (secondary N) is 1. The second-order valence-electron chi connectivity index (χ2n) is 4.13. The van der Waals surface area contributed by atoms with Crippen LogP contribution in [0.4, 0.5) is 4.39 Å². The zero-order chi connectivity index (χ0) is 14.0. The Morgan fingerprint density at radius 3 is 2.95 bits per heavy atom. The SMILES string of the molecule is CCn1c(Sc2ccc(F)cc2[C@@H](C)N)n[nH]c1=O. The molecule has 19 heavy (non-hydrogen) atoms. The summed E-state index contributed by atoms with van der Waals surface area (Å²) in [5.41, 5.74) is 6.28. The first-order valence-electron chi connectivity index (χ1n) is 5.91. The Labute approximate surface area is 114 Å².